The zero-order valence-electron chi connectivity index (χ0n) is 14.4. The molecule has 0 saturated heterocycles. The van der Waals surface area contributed by atoms with Crippen LogP contribution in [0.3, 0.4) is 0 Å². The van der Waals surface area contributed by atoms with Gasteiger partial charge in [-0.15, -0.1) is 0 Å². The quantitative estimate of drug-likeness (QED) is 0.871. The van der Waals surface area contributed by atoms with E-state index in [0.717, 1.165) is 5.56 Å². The predicted molar refractivity (Wildman–Crippen MR) is 96.2 cm³/mol. The standard InChI is InChI=1S/C19H23NO4S/c1-19(21)15-9-10-16(24-12-13-6-4-3-5-7-13)18(25(2,22)23)14(15)8-11-17(19)20/h3-7,9-10,17,21H,8,11-12,20H2,1-2H3. The Morgan fingerprint density at radius 1 is 1.24 bits per heavy atom. The van der Waals surface area contributed by atoms with Crippen LogP contribution >= 0.6 is 0 Å². The van der Waals surface area contributed by atoms with E-state index in [2.05, 4.69) is 0 Å². The molecule has 0 fully saturated rings. The van der Waals surface area contributed by atoms with Crippen LogP contribution in [0.4, 0.5) is 0 Å². The Morgan fingerprint density at radius 3 is 2.56 bits per heavy atom. The molecule has 0 bridgehead atoms. The molecular weight excluding hydrogens is 338 g/mol. The summed E-state index contributed by atoms with van der Waals surface area (Å²) in [7, 11) is -3.52. The third-order valence-electron chi connectivity index (χ3n) is 4.80. The number of rotatable bonds is 4. The lowest BCUT2D eigenvalue weighted by molar-refractivity contribution is 0.0183. The first-order valence-electron chi connectivity index (χ1n) is 8.22. The Bertz CT molecular complexity index is 876. The first kappa shape index (κ1) is 17.9. The summed E-state index contributed by atoms with van der Waals surface area (Å²) < 4.78 is 30.7. The van der Waals surface area contributed by atoms with E-state index in [9.17, 15) is 13.5 Å². The molecule has 134 valence electrons. The van der Waals surface area contributed by atoms with Crippen molar-refractivity contribution in [3.05, 3.63) is 59.2 Å². The van der Waals surface area contributed by atoms with Gasteiger partial charge >= 0.3 is 0 Å². The highest BCUT2D eigenvalue weighted by molar-refractivity contribution is 7.90. The molecule has 25 heavy (non-hydrogen) atoms. The van der Waals surface area contributed by atoms with Gasteiger partial charge in [0.15, 0.2) is 9.84 Å². The summed E-state index contributed by atoms with van der Waals surface area (Å²) in [6, 6.07) is 12.5. The van der Waals surface area contributed by atoms with Crippen molar-refractivity contribution < 1.29 is 18.3 Å². The molecule has 0 aliphatic heterocycles. The fourth-order valence-corrected chi connectivity index (χ4v) is 4.52. The number of ether oxygens (including phenoxy) is 1. The van der Waals surface area contributed by atoms with E-state index in [1.54, 1.807) is 19.1 Å². The van der Waals surface area contributed by atoms with Crippen LogP contribution in [0.25, 0.3) is 0 Å². The maximum absolute atomic E-state index is 12.4. The topological polar surface area (TPSA) is 89.6 Å². The van der Waals surface area contributed by atoms with Gasteiger partial charge in [0.25, 0.3) is 0 Å². The minimum absolute atomic E-state index is 0.160. The Balaban J connectivity index is 2.06. The highest BCUT2D eigenvalue weighted by atomic mass is 32.2. The number of benzene rings is 2. The van der Waals surface area contributed by atoms with Crippen molar-refractivity contribution >= 4 is 9.84 Å². The van der Waals surface area contributed by atoms with Gasteiger partial charge in [-0.05, 0) is 42.5 Å². The Hall–Kier alpha value is -1.89. The maximum Gasteiger partial charge on any atom is 0.179 e. The van der Waals surface area contributed by atoms with E-state index in [1.807, 2.05) is 30.3 Å². The molecule has 3 N–H and O–H groups in total. The molecule has 0 spiro atoms. The van der Waals surface area contributed by atoms with Crippen molar-refractivity contribution in [2.24, 2.45) is 5.73 Å². The minimum atomic E-state index is -3.52. The van der Waals surface area contributed by atoms with E-state index in [0.29, 0.717) is 29.7 Å². The third-order valence-corrected chi connectivity index (χ3v) is 5.99. The van der Waals surface area contributed by atoms with E-state index in [4.69, 9.17) is 10.5 Å². The molecule has 5 nitrogen and oxygen atoms in total. The summed E-state index contributed by atoms with van der Waals surface area (Å²) in [6.07, 6.45) is 2.18. The fourth-order valence-electron chi connectivity index (χ4n) is 3.36. The Kier molecular flexibility index (Phi) is 4.62. The summed E-state index contributed by atoms with van der Waals surface area (Å²) in [6.45, 7) is 1.91. The molecule has 2 unspecified atom stereocenters. The summed E-state index contributed by atoms with van der Waals surface area (Å²) in [4.78, 5) is 0.160. The highest BCUT2D eigenvalue weighted by Gasteiger charge is 2.39. The SMILES string of the molecule is CC1(O)c2ccc(OCc3ccccc3)c(S(C)(=O)=O)c2CCC1N. The number of fused-ring (bicyclic) bond motifs is 1. The first-order chi connectivity index (χ1) is 11.7. The van der Waals surface area contributed by atoms with Gasteiger partial charge in [0.05, 0.1) is 0 Å². The molecule has 0 saturated carbocycles. The predicted octanol–water partition coefficient (Wildman–Crippen LogP) is 2.15. The van der Waals surface area contributed by atoms with Gasteiger partial charge in [0.1, 0.15) is 22.9 Å². The van der Waals surface area contributed by atoms with E-state index >= 15 is 0 Å². The van der Waals surface area contributed by atoms with Crippen LogP contribution in [0.2, 0.25) is 0 Å². The summed E-state index contributed by atoms with van der Waals surface area (Å²) in [5, 5.41) is 10.7. The summed E-state index contributed by atoms with van der Waals surface area (Å²) >= 11 is 0. The lowest BCUT2D eigenvalue weighted by Crippen LogP contribution is -2.47. The van der Waals surface area contributed by atoms with Gasteiger partial charge in [0.2, 0.25) is 0 Å². The molecule has 1 aliphatic rings. The zero-order valence-corrected chi connectivity index (χ0v) is 15.2. The van der Waals surface area contributed by atoms with Crippen LogP contribution in [0.5, 0.6) is 5.75 Å². The second-order valence-corrected chi connectivity index (χ2v) is 8.71. The van der Waals surface area contributed by atoms with Crippen LogP contribution in [-0.2, 0) is 28.5 Å². The van der Waals surface area contributed by atoms with Gasteiger partial charge < -0.3 is 15.6 Å². The van der Waals surface area contributed by atoms with E-state index in [-0.39, 0.29) is 11.5 Å². The van der Waals surface area contributed by atoms with Gasteiger partial charge in [-0.3, -0.25) is 0 Å². The molecule has 0 radical (unpaired) electrons. The summed E-state index contributed by atoms with van der Waals surface area (Å²) in [5.74, 6) is 0.316. The molecule has 0 heterocycles. The number of hydrogen-bond donors (Lipinski definition) is 2. The van der Waals surface area contributed by atoms with Crippen molar-refractivity contribution in [1.82, 2.24) is 0 Å². The summed E-state index contributed by atoms with van der Waals surface area (Å²) in [5.41, 5.74) is 6.90. The number of hydrogen-bond acceptors (Lipinski definition) is 5. The van der Waals surface area contributed by atoms with Crippen LogP contribution in [0.15, 0.2) is 47.4 Å². The Labute approximate surface area is 148 Å². The molecule has 3 rings (SSSR count). The van der Waals surface area contributed by atoms with Gasteiger partial charge in [-0.1, -0.05) is 36.4 Å². The van der Waals surface area contributed by atoms with Gasteiger partial charge in [-0.2, -0.15) is 0 Å². The lowest BCUT2D eigenvalue weighted by atomic mass is 9.77. The van der Waals surface area contributed by atoms with E-state index < -0.39 is 21.5 Å². The fraction of sp³-hybridized carbons (Fsp3) is 0.368. The second-order valence-electron chi connectivity index (χ2n) is 6.76. The average molecular weight is 361 g/mol. The van der Waals surface area contributed by atoms with Crippen molar-refractivity contribution in [2.75, 3.05) is 6.26 Å². The van der Waals surface area contributed by atoms with Crippen LogP contribution in [0, 0.1) is 0 Å². The lowest BCUT2D eigenvalue weighted by Gasteiger charge is -2.37. The van der Waals surface area contributed by atoms with Crippen molar-refractivity contribution in [3.8, 4) is 5.75 Å². The van der Waals surface area contributed by atoms with Gasteiger partial charge in [0, 0.05) is 12.3 Å². The number of aliphatic hydroxyl groups is 1. The van der Waals surface area contributed by atoms with E-state index in [1.165, 1.54) is 6.26 Å². The molecule has 2 aromatic rings. The van der Waals surface area contributed by atoms with Crippen LogP contribution in [0.1, 0.15) is 30.0 Å². The smallest absolute Gasteiger partial charge is 0.179 e. The molecular formula is C19H23NO4S. The monoisotopic (exact) mass is 361 g/mol. The molecule has 2 aromatic carbocycles. The second kappa shape index (κ2) is 6.44. The molecule has 1 aliphatic carbocycles. The molecule has 6 heteroatoms. The third kappa shape index (κ3) is 3.42. The first-order valence-corrected chi connectivity index (χ1v) is 10.1. The van der Waals surface area contributed by atoms with Crippen molar-refractivity contribution in [3.63, 3.8) is 0 Å². The highest BCUT2D eigenvalue weighted by Crippen LogP contribution is 2.41. The molecule has 0 aromatic heterocycles. The zero-order chi connectivity index (χ0) is 18.2. The number of sulfone groups is 1. The number of nitrogens with two attached hydrogens (primary N) is 1. The normalized spacial score (nSPS) is 23.1. The maximum atomic E-state index is 12.4. The minimum Gasteiger partial charge on any atom is -0.488 e. The average Bonchev–Trinajstić information content (AvgIpc) is 2.56. The van der Waals surface area contributed by atoms with Gasteiger partial charge in [-0.25, -0.2) is 8.42 Å². The molecule has 0 amide bonds. The van der Waals surface area contributed by atoms with Crippen molar-refractivity contribution in [2.45, 2.75) is 42.9 Å². The van der Waals surface area contributed by atoms with Crippen molar-refractivity contribution in [1.29, 1.82) is 0 Å². The van der Waals surface area contributed by atoms with Crippen LogP contribution in [-0.4, -0.2) is 25.8 Å². The Morgan fingerprint density at radius 2 is 1.92 bits per heavy atom. The van der Waals surface area contributed by atoms with Crippen LogP contribution < -0.4 is 10.5 Å². The molecule has 2 atom stereocenters. The largest absolute Gasteiger partial charge is 0.488 e.